The highest BCUT2D eigenvalue weighted by Gasteiger charge is 2.31. The van der Waals surface area contributed by atoms with Gasteiger partial charge in [-0.25, -0.2) is 0 Å². The van der Waals surface area contributed by atoms with Crippen molar-refractivity contribution in [3.05, 3.63) is 27.7 Å². The van der Waals surface area contributed by atoms with Gasteiger partial charge in [0.1, 0.15) is 0 Å². The number of rotatable bonds is 1. The van der Waals surface area contributed by atoms with Gasteiger partial charge in [-0.15, -0.1) is 0 Å². The summed E-state index contributed by atoms with van der Waals surface area (Å²) in [5, 5.41) is 0.808. The van der Waals surface area contributed by atoms with Gasteiger partial charge in [-0.3, -0.25) is 0 Å². The van der Waals surface area contributed by atoms with Gasteiger partial charge in [-0.2, -0.15) is 0 Å². The molecule has 1 heterocycles. The molecule has 1 fully saturated rings. The molecule has 1 saturated heterocycles. The number of anilines is 1. The fourth-order valence-electron chi connectivity index (χ4n) is 2.44. The third-order valence-electron chi connectivity index (χ3n) is 3.85. The number of piperidine rings is 1. The molecule has 0 spiro atoms. The average Bonchev–Trinajstić information content (AvgIpc) is 2.30. The molecule has 1 aromatic rings. The van der Waals surface area contributed by atoms with Gasteiger partial charge in [-0.05, 0) is 37.5 Å². The monoisotopic (exact) mass is 316 g/mol. The van der Waals surface area contributed by atoms with Crippen molar-refractivity contribution in [2.24, 2.45) is 11.7 Å². The lowest BCUT2D eigenvalue weighted by Crippen LogP contribution is -2.52. The second-order valence-electron chi connectivity index (χ2n) is 4.84. The molecular weight excluding hydrogens is 300 g/mol. The number of hydrogen-bond acceptors (Lipinski definition) is 2. The fourth-order valence-corrected chi connectivity index (χ4v) is 3.02. The number of nitrogens with zero attached hydrogens (tertiary/aromatic N) is 1. The van der Waals surface area contributed by atoms with E-state index in [4.69, 9.17) is 17.3 Å². The minimum Gasteiger partial charge on any atom is -0.367 e. The summed E-state index contributed by atoms with van der Waals surface area (Å²) in [5.74, 6) is 0.485. The van der Waals surface area contributed by atoms with E-state index in [9.17, 15) is 0 Å². The van der Waals surface area contributed by atoms with Gasteiger partial charge >= 0.3 is 0 Å². The summed E-state index contributed by atoms with van der Waals surface area (Å²) in [4.78, 5) is 2.36. The molecule has 1 aromatic carbocycles. The molecule has 4 heteroatoms. The van der Waals surface area contributed by atoms with Crippen molar-refractivity contribution in [1.29, 1.82) is 0 Å². The Bertz CT molecular complexity index is 410. The molecule has 2 N–H and O–H groups in total. The van der Waals surface area contributed by atoms with Crippen LogP contribution in [0.2, 0.25) is 5.02 Å². The summed E-state index contributed by atoms with van der Waals surface area (Å²) < 4.78 is 1.06. The minimum atomic E-state index is 0.298. The first-order valence-corrected chi connectivity index (χ1v) is 7.15. The van der Waals surface area contributed by atoms with Crippen molar-refractivity contribution < 1.29 is 0 Å². The molecule has 0 amide bonds. The van der Waals surface area contributed by atoms with Crippen molar-refractivity contribution in [2.75, 3.05) is 11.4 Å². The van der Waals surface area contributed by atoms with Crippen LogP contribution >= 0.6 is 27.5 Å². The Morgan fingerprint density at radius 1 is 1.41 bits per heavy atom. The van der Waals surface area contributed by atoms with Crippen LogP contribution in [0.3, 0.4) is 0 Å². The van der Waals surface area contributed by atoms with E-state index in [1.165, 1.54) is 0 Å². The van der Waals surface area contributed by atoms with E-state index in [-0.39, 0.29) is 0 Å². The zero-order chi connectivity index (χ0) is 12.6. The van der Waals surface area contributed by atoms with Crippen LogP contribution in [0.5, 0.6) is 0 Å². The Balaban J connectivity index is 2.30. The molecule has 17 heavy (non-hydrogen) atoms. The maximum absolute atomic E-state index is 6.29. The van der Waals surface area contributed by atoms with E-state index in [0.29, 0.717) is 18.0 Å². The lowest BCUT2D eigenvalue weighted by molar-refractivity contribution is 0.315. The SMILES string of the molecule is CC1C(N)CCN(c2cc(Br)ccc2Cl)C1C. The maximum atomic E-state index is 6.29. The molecule has 1 aliphatic heterocycles. The topological polar surface area (TPSA) is 29.3 Å². The average molecular weight is 318 g/mol. The Labute approximate surface area is 116 Å². The molecule has 0 aromatic heterocycles. The van der Waals surface area contributed by atoms with Crippen LogP contribution in [0.1, 0.15) is 20.3 Å². The summed E-state index contributed by atoms with van der Waals surface area (Å²) in [7, 11) is 0. The Morgan fingerprint density at radius 2 is 2.12 bits per heavy atom. The van der Waals surface area contributed by atoms with Crippen LogP contribution in [0.25, 0.3) is 0 Å². The van der Waals surface area contributed by atoms with Gasteiger partial charge in [0.05, 0.1) is 10.7 Å². The van der Waals surface area contributed by atoms with Crippen molar-refractivity contribution in [1.82, 2.24) is 0 Å². The minimum absolute atomic E-state index is 0.298. The Morgan fingerprint density at radius 3 is 2.82 bits per heavy atom. The van der Waals surface area contributed by atoms with Crippen LogP contribution in [0.15, 0.2) is 22.7 Å². The normalized spacial score (nSPS) is 29.5. The Hall–Kier alpha value is -0.250. The molecule has 0 bridgehead atoms. The number of halogens is 2. The first kappa shape index (κ1) is 13.2. The lowest BCUT2D eigenvalue weighted by atomic mass is 9.87. The highest BCUT2D eigenvalue weighted by molar-refractivity contribution is 9.10. The highest BCUT2D eigenvalue weighted by Crippen LogP contribution is 2.34. The number of hydrogen-bond donors (Lipinski definition) is 1. The van der Waals surface area contributed by atoms with Gasteiger partial charge in [0.2, 0.25) is 0 Å². The summed E-state index contributed by atoms with van der Waals surface area (Å²) >= 11 is 9.79. The summed E-state index contributed by atoms with van der Waals surface area (Å²) in [6.45, 7) is 5.41. The summed E-state index contributed by atoms with van der Waals surface area (Å²) in [6, 6.07) is 6.71. The predicted octanol–water partition coefficient (Wildman–Crippen LogP) is 3.66. The first-order valence-electron chi connectivity index (χ1n) is 5.98. The zero-order valence-electron chi connectivity index (χ0n) is 10.2. The molecule has 0 saturated carbocycles. The van der Waals surface area contributed by atoms with Crippen LogP contribution in [-0.4, -0.2) is 18.6 Å². The predicted molar refractivity (Wildman–Crippen MR) is 77.7 cm³/mol. The molecule has 3 unspecified atom stereocenters. The first-order chi connectivity index (χ1) is 8.00. The van der Waals surface area contributed by atoms with E-state index in [1.807, 2.05) is 12.1 Å². The summed E-state index contributed by atoms with van der Waals surface area (Å²) in [6.07, 6.45) is 1.02. The van der Waals surface area contributed by atoms with E-state index in [0.717, 1.165) is 28.1 Å². The lowest BCUT2D eigenvalue weighted by Gasteiger charge is -2.43. The highest BCUT2D eigenvalue weighted by atomic mass is 79.9. The van der Waals surface area contributed by atoms with Gasteiger partial charge in [-0.1, -0.05) is 34.5 Å². The third kappa shape index (κ3) is 2.61. The van der Waals surface area contributed by atoms with E-state index < -0.39 is 0 Å². The largest absolute Gasteiger partial charge is 0.367 e. The smallest absolute Gasteiger partial charge is 0.0640 e. The van der Waals surface area contributed by atoms with Gasteiger partial charge < -0.3 is 10.6 Å². The van der Waals surface area contributed by atoms with Gasteiger partial charge in [0.15, 0.2) is 0 Å². The van der Waals surface area contributed by atoms with Crippen LogP contribution in [0, 0.1) is 5.92 Å². The molecule has 94 valence electrons. The zero-order valence-corrected chi connectivity index (χ0v) is 12.5. The van der Waals surface area contributed by atoms with Crippen molar-refractivity contribution in [3.63, 3.8) is 0 Å². The maximum Gasteiger partial charge on any atom is 0.0640 e. The number of nitrogens with two attached hydrogens (primary N) is 1. The van der Waals surface area contributed by atoms with E-state index >= 15 is 0 Å². The van der Waals surface area contributed by atoms with Crippen LogP contribution < -0.4 is 10.6 Å². The van der Waals surface area contributed by atoms with Crippen molar-refractivity contribution >= 4 is 33.2 Å². The molecular formula is C13H18BrClN2. The molecule has 2 nitrogen and oxygen atoms in total. The quantitative estimate of drug-likeness (QED) is 0.856. The van der Waals surface area contributed by atoms with Gasteiger partial charge in [0, 0.05) is 23.1 Å². The molecule has 3 atom stereocenters. The van der Waals surface area contributed by atoms with Crippen molar-refractivity contribution in [3.8, 4) is 0 Å². The van der Waals surface area contributed by atoms with Crippen LogP contribution in [-0.2, 0) is 0 Å². The third-order valence-corrected chi connectivity index (χ3v) is 4.66. The molecule has 0 radical (unpaired) electrons. The number of benzene rings is 1. The van der Waals surface area contributed by atoms with E-state index in [2.05, 4.69) is 40.7 Å². The fraction of sp³-hybridized carbons (Fsp3) is 0.538. The van der Waals surface area contributed by atoms with Crippen LogP contribution in [0.4, 0.5) is 5.69 Å². The summed E-state index contributed by atoms with van der Waals surface area (Å²) in [5.41, 5.74) is 7.21. The standard InChI is InChI=1S/C13H18BrClN2/c1-8-9(2)17(6-5-12(8)16)13-7-10(14)3-4-11(13)15/h3-4,7-9,12H,5-6,16H2,1-2H3. The second-order valence-corrected chi connectivity index (χ2v) is 6.16. The van der Waals surface area contributed by atoms with E-state index in [1.54, 1.807) is 0 Å². The van der Waals surface area contributed by atoms with Gasteiger partial charge in [0.25, 0.3) is 0 Å². The molecule has 0 aliphatic carbocycles. The molecule has 1 aliphatic rings. The second kappa shape index (κ2) is 5.17. The Kier molecular flexibility index (Phi) is 4.01. The van der Waals surface area contributed by atoms with Crippen molar-refractivity contribution in [2.45, 2.75) is 32.4 Å². The molecule has 2 rings (SSSR count).